The molecule has 0 aliphatic heterocycles. The van der Waals surface area contributed by atoms with Gasteiger partial charge in [0.15, 0.2) is 0 Å². The van der Waals surface area contributed by atoms with Crippen LogP contribution in [-0.2, 0) is 0 Å². The van der Waals surface area contributed by atoms with E-state index >= 15 is 0 Å². The Kier molecular flexibility index (Phi) is 3.03. The number of hydrogen-bond donors (Lipinski definition) is 1. The molecule has 0 spiro atoms. The molecule has 88 valence electrons. The monoisotopic (exact) mass is 253 g/mol. The third-order valence-corrected chi connectivity index (χ3v) is 2.86. The van der Waals surface area contributed by atoms with E-state index in [2.05, 4.69) is 0 Å². The standard InChI is InChI=1S/C13H10ClF2N/c1-7-4-10(11(14)6-12(7)16)9-3-2-8(15)5-13(9)17/h2-6H,17H2,1H3. The maximum Gasteiger partial charge on any atom is 0.127 e. The van der Waals surface area contributed by atoms with Crippen molar-refractivity contribution in [3.05, 3.63) is 52.6 Å². The Morgan fingerprint density at radius 1 is 1.06 bits per heavy atom. The molecule has 0 saturated carbocycles. The van der Waals surface area contributed by atoms with E-state index in [1.165, 1.54) is 24.3 Å². The van der Waals surface area contributed by atoms with Crippen molar-refractivity contribution in [1.82, 2.24) is 0 Å². The number of nitrogen functional groups attached to an aromatic ring is 1. The third-order valence-electron chi connectivity index (χ3n) is 2.55. The Morgan fingerprint density at radius 2 is 1.76 bits per heavy atom. The van der Waals surface area contributed by atoms with Crippen molar-refractivity contribution < 1.29 is 8.78 Å². The summed E-state index contributed by atoms with van der Waals surface area (Å²) in [5, 5.41) is 0.256. The van der Waals surface area contributed by atoms with Crippen molar-refractivity contribution in [1.29, 1.82) is 0 Å². The van der Waals surface area contributed by atoms with Crippen molar-refractivity contribution >= 4 is 17.3 Å². The summed E-state index contributed by atoms with van der Waals surface area (Å²) in [4.78, 5) is 0. The molecule has 0 radical (unpaired) electrons. The fourth-order valence-corrected chi connectivity index (χ4v) is 1.89. The molecule has 0 amide bonds. The lowest BCUT2D eigenvalue weighted by Gasteiger charge is -2.09. The molecule has 0 aromatic heterocycles. The SMILES string of the molecule is Cc1cc(-c2ccc(F)cc2N)c(Cl)cc1F. The Morgan fingerprint density at radius 3 is 2.41 bits per heavy atom. The summed E-state index contributed by atoms with van der Waals surface area (Å²) in [7, 11) is 0. The van der Waals surface area contributed by atoms with E-state index in [1.807, 2.05) is 0 Å². The van der Waals surface area contributed by atoms with Gasteiger partial charge in [0, 0.05) is 16.8 Å². The first-order valence-electron chi connectivity index (χ1n) is 5.00. The molecule has 2 N–H and O–H groups in total. The lowest BCUT2D eigenvalue weighted by atomic mass is 10.0. The van der Waals surface area contributed by atoms with E-state index < -0.39 is 5.82 Å². The van der Waals surface area contributed by atoms with Gasteiger partial charge >= 0.3 is 0 Å². The third kappa shape index (κ3) is 2.24. The van der Waals surface area contributed by atoms with Crippen LogP contribution >= 0.6 is 11.6 Å². The second-order valence-corrected chi connectivity index (χ2v) is 4.22. The minimum absolute atomic E-state index is 0.256. The maximum atomic E-state index is 13.3. The molecule has 17 heavy (non-hydrogen) atoms. The lowest BCUT2D eigenvalue weighted by molar-refractivity contribution is 0.618. The van der Waals surface area contributed by atoms with Crippen LogP contribution < -0.4 is 5.73 Å². The number of halogens is 3. The molecular weight excluding hydrogens is 244 g/mol. The van der Waals surface area contributed by atoms with E-state index in [0.29, 0.717) is 16.7 Å². The van der Waals surface area contributed by atoms with Crippen LogP contribution in [0.25, 0.3) is 11.1 Å². The average molecular weight is 254 g/mol. The Labute approximate surface area is 103 Å². The zero-order chi connectivity index (χ0) is 12.6. The molecule has 0 fully saturated rings. The summed E-state index contributed by atoms with van der Waals surface area (Å²) >= 11 is 5.96. The fourth-order valence-electron chi connectivity index (χ4n) is 1.64. The van der Waals surface area contributed by atoms with Crippen LogP contribution in [0, 0.1) is 18.6 Å². The lowest BCUT2D eigenvalue weighted by Crippen LogP contribution is -1.93. The second kappa shape index (κ2) is 4.34. The highest BCUT2D eigenvalue weighted by Crippen LogP contribution is 2.34. The van der Waals surface area contributed by atoms with Gasteiger partial charge in [0.1, 0.15) is 11.6 Å². The number of benzene rings is 2. The first kappa shape index (κ1) is 11.9. The van der Waals surface area contributed by atoms with Gasteiger partial charge in [-0.15, -0.1) is 0 Å². The molecule has 0 saturated heterocycles. The zero-order valence-corrected chi connectivity index (χ0v) is 9.85. The molecule has 0 aliphatic rings. The van der Waals surface area contributed by atoms with Crippen LogP contribution in [0.1, 0.15) is 5.56 Å². The smallest absolute Gasteiger partial charge is 0.127 e. The van der Waals surface area contributed by atoms with Gasteiger partial charge in [-0.3, -0.25) is 0 Å². The van der Waals surface area contributed by atoms with Crippen LogP contribution in [0.2, 0.25) is 5.02 Å². The van der Waals surface area contributed by atoms with Gasteiger partial charge in [0.2, 0.25) is 0 Å². The molecule has 0 unspecified atom stereocenters. The summed E-state index contributed by atoms with van der Waals surface area (Å²) < 4.78 is 26.2. The maximum absolute atomic E-state index is 13.3. The highest BCUT2D eigenvalue weighted by Gasteiger charge is 2.10. The summed E-state index contributed by atoms with van der Waals surface area (Å²) in [6, 6.07) is 6.87. The quantitative estimate of drug-likeness (QED) is 0.758. The predicted molar refractivity (Wildman–Crippen MR) is 66.0 cm³/mol. The van der Waals surface area contributed by atoms with Gasteiger partial charge in [-0.25, -0.2) is 8.78 Å². The van der Waals surface area contributed by atoms with Crippen molar-refractivity contribution in [3.8, 4) is 11.1 Å². The number of aryl methyl sites for hydroxylation is 1. The number of hydrogen-bond acceptors (Lipinski definition) is 1. The normalized spacial score (nSPS) is 10.6. The summed E-state index contributed by atoms with van der Waals surface area (Å²) in [5.41, 5.74) is 7.66. The van der Waals surface area contributed by atoms with E-state index in [-0.39, 0.29) is 16.5 Å². The molecule has 0 heterocycles. The number of anilines is 1. The minimum Gasteiger partial charge on any atom is -0.398 e. The van der Waals surface area contributed by atoms with Crippen LogP contribution in [0.3, 0.4) is 0 Å². The van der Waals surface area contributed by atoms with Gasteiger partial charge in [0.25, 0.3) is 0 Å². The van der Waals surface area contributed by atoms with Gasteiger partial charge in [-0.2, -0.15) is 0 Å². The largest absolute Gasteiger partial charge is 0.398 e. The molecule has 0 atom stereocenters. The first-order valence-corrected chi connectivity index (χ1v) is 5.38. The van der Waals surface area contributed by atoms with Crippen LogP contribution in [0.15, 0.2) is 30.3 Å². The van der Waals surface area contributed by atoms with Gasteiger partial charge in [-0.1, -0.05) is 11.6 Å². The molecule has 0 bridgehead atoms. The van der Waals surface area contributed by atoms with Crippen LogP contribution in [0.4, 0.5) is 14.5 Å². The van der Waals surface area contributed by atoms with Gasteiger partial charge in [-0.05, 0) is 42.8 Å². The molecule has 2 rings (SSSR count). The second-order valence-electron chi connectivity index (χ2n) is 3.81. The highest BCUT2D eigenvalue weighted by atomic mass is 35.5. The van der Waals surface area contributed by atoms with Crippen LogP contribution in [-0.4, -0.2) is 0 Å². The van der Waals surface area contributed by atoms with Crippen molar-refractivity contribution in [3.63, 3.8) is 0 Å². The van der Waals surface area contributed by atoms with Crippen LogP contribution in [0.5, 0.6) is 0 Å². The highest BCUT2D eigenvalue weighted by molar-refractivity contribution is 6.33. The average Bonchev–Trinajstić information content (AvgIpc) is 2.24. The van der Waals surface area contributed by atoms with E-state index in [4.69, 9.17) is 17.3 Å². The predicted octanol–water partition coefficient (Wildman–Crippen LogP) is 4.18. The van der Waals surface area contributed by atoms with E-state index in [1.54, 1.807) is 13.0 Å². The summed E-state index contributed by atoms with van der Waals surface area (Å²) in [6.07, 6.45) is 0. The molecule has 2 aromatic rings. The van der Waals surface area contributed by atoms with Crippen molar-refractivity contribution in [2.75, 3.05) is 5.73 Å². The van der Waals surface area contributed by atoms with Crippen molar-refractivity contribution in [2.24, 2.45) is 0 Å². The number of rotatable bonds is 1. The Hall–Kier alpha value is -1.61. The zero-order valence-electron chi connectivity index (χ0n) is 9.10. The van der Waals surface area contributed by atoms with Gasteiger partial charge < -0.3 is 5.73 Å². The first-order chi connectivity index (χ1) is 7.99. The van der Waals surface area contributed by atoms with Crippen molar-refractivity contribution in [2.45, 2.75) is 6.92 Å². The van der Waals surface area contributed by atoms with Gasteiger partial charge in [0.05, 0.1) is 5.02 Å². The Bertz CT molecular complexity index is 582. The molecule has 4 heteroatoms. The minimum atomic E-state index is -0.416. The molecule has 2 aromatic carbocycles. The Balaban J connectivity index is 2.64. The fraction of sp³-hybridized carbons (Fsp3) is 0.0769. The molecule has 0 aliphatic carbocycles. The topological polar surface area (TPSA) is 26.0 Å². The van der Waals surface area contributed by atoms with E-state index in [9.17, 15) is 8.78 Å². The number of nitrogens with two attached hydrogens (primary N) is 1. The summed E-state index contributed by atoms with van der Waals surface area (Å²) in [6.45, 7) is 1.63. The van der Waals surface area contributed by atoms with E-state index in [0.717, 1.165) is 0 Å². The molecule has 1 nitrogen and oxygen atoms in total. The molecular formula is C13H10ClF2N. The summed E-state index contributed by atoms with van der Waals surface area (Å²) in [5.74, 6) is -0.791.